The van der Waals surface area contributed by atoms with Crippen molar-refractivity contribution in [1.82, 2.24) is 24.6 Å². The predicted molar refractivity (Wildman–Crippen MR) is 133 cm³/mol. The molecule has 1 atom stereocenters. The van der Waals surface area contributed by atoms with Crippen molar-refractivity contribution < 1.29 is 9.53 Å². The van der Waals surface area contributed by atoms with Crippen LogP contribution in [0.15, 0.2) is 42.7 Å². The molecule has 4 rings (SSSR count). The van der Waals surface area contributed by atoms with Crippen molar-refractivity contribution >= 4 is 17.6 Å². The van der Waals surface area contributed by atoms with E-state index in [1.54, 1.807) is 0 Å². The van der Waals surface area contributed by atoms with E-state index in [9.17, 15) is 4.79 Å². The number of ether oxygens (including phenoxy) is 1. The zero-order valence-corrected chi connectivity index (χ0v) is 20.5. The van der Waals surface area contributed by atoms with E-state index in [-0.39, 0.29) is 17.7 Å². The van der Waals surface area contributed by atoms with E-state index in [0.29, 0.717) is 19.0 Å². The molecule has 1 aliphatic rings. The number of hydrogen-bond acceptors (Lipinski definition) is 6. The number of amides is 1. The van der Waals surface area contributed by atoms with Crippen LogP contribution in [0.2, 0.25) is 0 Å². The Morgan fingerprint density at radius 1 is 1.26 bits per heavy atom. The number of carbonyl (C=O) groups excluding carboxylic acids is 1. The highest BCUT2D eigenvalue weighted by atomic mass is 16.5. The lowest BCUT2D eigenvalue weighted by molar-refractivity contribution is 0.127. The second kappa shape index (κ2) is 10.4. The molecule has 0 radical (unpaired) electrons. The van der Waals surface area contributed by atoms with Crippen molar-refractivity contribution in [2.24, 2.45) is 0 Å². The van der Waals surface area contributed by atoms with Crippen LogP contribution >= 0.6 is 0 Å². The van der Waals surface area contributed by atoms with Crippen LogP contribution in [0.1, 0.15) is 69.4 Å². The zero-order chi connectivity index (χ0) is 24.1. The van der Waals surface area contributed by atoms with Gasteiger partial charge in [-0.1, -0.05) is 12.1 Å². The summed E-state index contributed by atoms with van der Waals surface area (Å²) in [7, 11) is 0. The third-order valence-corrected chi connectivity index (χ3v) is 6.09. The highest BCUT2D eigenvalue weighted by Gasteiger charge is 2.27. The van der Waals surface area contributed by atoms with Crippen molar-refractivity contribution in [1.29, 1.82) is 0 Å². The number of nitrogens with two attached hydrogens (primary N) is 1. The number of fused-ring (bicyclic) bond motifs is 2. The minimum absolute atomic E-state index is 0.247. The van der Waals surface area contributed by atoms with Gasteiger partial charge in [0.2, 0.25) is 0 Å². The van der Waals surface area contributed by atoms with Crippen molar-refractivity contribution in [3.8, 4) is 0 Å². The summed E-state index contributed by atoms with van der Waals surface area (Å²) >= 11 is 0. The van der Waals surface area contributed by atoms with Crippen molar-refractivity contribution in [3.63, 3.8) is 0 Å². The van der Waals surface area contributed by atoms with Crippen LogP contribution in [-0.4, -0.2) is 44.1 Å². The molecular weight excluding hydrogens is 428 g/mol. The number of carbonyl (C=O) groups is 1. The molecule has 1 unspecified atom stereocenters. The van der Waals surface area contributed by atoms with E-state index in [0.717, 1.165) is 50.0 Å². The molecule has 3 aromatic rings. The lowest BCUT2D eigenvalue weighted by Gasteiger charge is -2.34. The largest absolute Gasteiger partial charge is 0.450 e. The van der Waals surface area contributed by atoms with E-state index in [1.165, 1.54) is 11.3 Å². The fourth-order valence-corrected chi connectivity index (χ4v) is 4.58. The van der Waals surface area contributed by atoms with E-state index < -0.39 is 0 Å². The third-order valence-electron chi connectivity index (χ3n) is 6.09. The van der Waals surface area contributed by atoms with Crippen LogP contribution in [-0.2, 0) is 17.7 Å². The first-order chi connectivity index (χ1) is 16.3. The summed E-state index contributed by atoms with van der Waals surface area (Å²) < 4.78 is 7.30. The number of nitrogen functional groups attached to an aromatic ring is 1. The molecule has 0 bridgehead atoms. The summed E-state index contributed by atoms with van der Waals surface area (Å²) in [4.78, 5) is 24.0. The summed E-state index contributed by atoms with van der Waals surface area (Å²) in [5, 5.41) is 2.83. The van der Waals surface area contributed by atoms with Crippen molar-refractivity contribution in [2.45, 2.75) is 71.0 Å². The lowest BCUT2D eigenvalue weighted by Crippen LogP contribution is -2.41. The van der Waals surface area contributed by atoms with Gasteiger partial charge in [-0.2, -0.15) is 0 Å². The minimum Gasteiger partial charge on any atom is -0.450 e. The van der Waals surface area contributed by atoms with Gasteiger partial charge in [0.15, 0.2) is 0 Å². The topological polar surface area (TPSA) is 97.8 Å². The van der Waals surface area contributed by atoms with E-state index in [1.807, 2.05) is 61.8 Å². The average molecular weight is 465 g/mol. The lowest BCUT2D eigenvalue weighted by atomic mass is 9.90. The maximum atomic E-state index is 11.9. The van der Waals surface area contributed by atoms with Crippen LogP contribution in [0.4, 0.5) is 10.6 Å². The number of anilines is 1. The van der Waals surface area contributed by atoms with Gasteiger partial charge < -0.3 is 15.8 Å². The second-order valence-electron chi connectivity index (χ2n) is 10.1. The number of aromatic nitrogens is 3. The molecule has 0 saturated carbocycles. The Morgan fingerprint density at radius 3 is 2.91 bits per heavy atom. The number of hydrogen-bond donors (Lipinski definition) is 2. The molecule has 1 amide bonds. The van der Waals surface area contributed by atoms with E-state index in [2.05, 4.69) is 16.3 Å². The van der Waals surface area contributed by atoms with Crippen LogP contribution in [0.3, 0.4) is 0 Å². The monoisotopic (exact) mass is 464 g/mol. The van der Waals surface area contributed by atoms with E-state index >= 15 is 0 Å². The molecule has 0 aromatic carbocycles. The molecule has 3 heterocycles. The molecular formula is C26H36N6O2. The highest BCUT2D eigenvalue weighted by Crippen LogP contribution is 2.34. The van der Waals surface area contributed by atoms with Gasteiger partial charge in [-0.3, -0.25) is 14.3 Å². The Morgan fingerprint density at radius 2 is 2.12 bits per heavy atom. The zero-order valence-electron chi connectivity index (χ0n) is 20.5. The normalized spacial score (nSPS) is 15.9. The van der Waals surface area contributed by atoms with Gasteiger partial charge in [0, 0.05) is 24.5 Å². The average Bonchev–Trinajstić information content (AvgIpc) is 3.20. The number of rotatable bonds is 8. The molecule has 0 saturated heterocycles. The molecule has 0 spiro atoms. The Kier molecular flexibility index (Phi) is 7.36. The Balaban J connectivity index is 1.44. The predicted octanol–water partition coefficient (Wildman–Crippen LogP) is 4.50. The second-order valence-corrected chi connectivity index (χ2v) is 10.1. The minimum atomic E-state index is -0.364. The van der Waals surface area contributed by atoms with Crippen LogP contribution < -0.4 is 11.1 Å². The molecule has 8 heteroatoms. The SMILES string of the molecule is CC(C)(C)NC(=O)OCCCCN(Cc1cn2c(N)cccc2n1)C1CCCc2cccnc21. The number of unbranched alkanes of at least 4 members (excludes halogenated alkanes) is 1. The first-order valence-electron chi connectivity index (χ1n) is 12.2. The summed E-state index contributed by atoms with van der Waals surface area (Å²) in [6.45, 7) is 7.81. The Labute approximate surface area is 201 Å². The highest BCUT2D eigenvalue weighted by molar-refractivity contribution is 5.68. The summed E-state index contributed by atoms with van der Waals surface area (Å²) in [6.07, 6.45) is 8.57. The van der Waals surface area contributed by atoms with E-state index in [4.69, 9.17) is 20.4 Å². The summed E-state index contributed by atoms with van der Waals surface area (Å²) in [5.41, 5.74) is 10.2. The fourth-order valence-electron chi connectivity index (χ4n) is 4.58. The standard InChI is InChI=1S/C26H36N6O2/c1-26(2,3)30-25(33)34-16-5-4-15-31(21-11-6-9-19-10-8-14-28-24(19)21)17-20-18-32-22(27)12-7-13-23(32)29-20/h7-8,10,12-14,18,21H,4-6,9,11,15-17,27H2,1-3H3,(H,30,33). The number of pyridine rings is 2. The molecule has 1 aliphatic carbocycles. The Bertz CT molecular complexity index is 1120. The van der Waals surface area contributed by atoms with Gasteiger partial charge >= 0.3 is 6.09 Å². The number of aryl methyl sites for hydroxylation is 1. The first-order valence-corrected chi connectivity index (χ1v) is 12.2. The maximum absolute atomic E-state index is 11.9. The Hall–Kier alpha value is -3.13. The van der Waals surface area contributed by atoms with Crippen molar-refractivity contribution in [3.05, 3.63) is 59.7 Å². The van der Waals surface area contributed by atoms with Crippen LogP contribution in [0, 0.1) is 0 Å². The molecule has 3 aromatic heterocycles. The van der Waals surface area contributed by atoms with Gasteiger partial charge in [0.1, 0.15) is 11.5 Å². The van der Waals surface area contributed by atoms with Gasteiger partial charge in [-0.05, 0) is 83.2 Å². The first kappa shape index (κ1) is 24.0. The molecule has 3 N–H and O–H groups in total. The van der Waals surface area contributed by atoms with Crippen LogP contribution in [0.25, 0.3) is 5.65 Å². The fraction of sp³-hybridized carbons (Fsp3) is 0.500. The molecule has 0 aliphatic heterocycles. The van der Waals surface area contributed by atoms with Gasteiger partial charge in [-0.25, -0.2) is 9.78 Å². The number of imidazole rings is 1. The molecule has 182 valence electrons. The number of alkyl carbamates (subject to hydrolysis) is 1. The molecule has 0 fully saturated rings. The molecule has 8 nitrogen and oxygen atoms in total. The van der Waals surface area contributed by atoms with Gasteiger partial charge in [-0.15, -0.1) is 0 Å². The van der Waals surface area contributed by atoms with Crippen LogP contribution in [0.5, 0.6) is 0 Å². The smallest absolute Gasteiger partial charge is 0.407 e. The quantitative estimate of drug-likeness (QED) is 0.477. The number of nitrogens with zero attached hydrogens (tertiary/aromatic N) is 4. The van der Waals surface area contributed by atoms with Gasteiger partial charge in [0.05, 0.1) is 24.0 Å². The summed E-state index contributed by atoms with van der Waals surface area (Å²) in [5.74, 6) is 0.679. The summed E-state index contributed by atoms with van der Waals surface area (Å²) in [6, 6.07) is 10.2. The van der Waals surface area contributed by atoms with Gasteiger partial charge in [0.25, 0.3) is 0 Å². The third kappa shape index (κ3) is 6.05. The molecule has 34 heavy (non-hydrogen) atoms. The van der Waals surface area contributed by atoms with Crippen molar-refractivity contribution in [2.75, 3.05) is 18.9 Å². The maximum Gasteiger partial charge on any atom is 0.407 e. The number of nitrogens with one attached hydrogen (secondary N) is 1.